The highest BCUT2D eigenvalue weighted by Gasteiger charge is 2.23. The van der Waals surface area contributed by atoms with Gasteiger partial charge in [-0.25, -0.2) is 9.18 Å². The largest absolute Gasteiger partial charge is 0.452 e. The standard InChI is InChI=1S/C19H20FN3O3/c20-16-6-1-2-7-17(16)22-8-10-23(11-9-22)18(24)13-26-19(25)14-4-3-5-15(21)12-14/h1-7,12H,8-11,13,21H2. The molecule has 136 valence electrons. The van der Waals surface area contributed by atoms with Gasteiger partial charge in [0.1, 0.15) is 5.82 Å². The molecule has 1 saturated heterocycles. The number of amides is 1. The smallest absolute Gasteiger partial charge is 0.338 e. The van der Waals surface area contributed by atoms with Crippen molar-refractivity contribution in [2.45, 2.75) is 0 Å². The Morgan fingerprint density at radius 2 is 1.77 bits per heavy atom. The summed E-state index contributed by atoms with van der Waals surface area (Å²) in [5.74, 6) is -1.13. The third kappa shape index (κ3) is 4.11. The maximum absolute atomic E-state index is 13.8. The molecule has 0 radical (unpaired) electrons. The zero-order valence-corrected chi connectivity index (χ0v) is 14.2. The van der Waals surface area contributed by atoms with Gasteiger partial charge in [-0.3, -0.25) is 4.79 Å². The van der Waals surface area contributed by atoms with Crippen molar-refractivity contribution in [2.75, 3.05) is 43.4 Å². The van der Waals surface area contributed by atoms with Crippen LogP contribution in [0.1, 0.15) is 10.4 Å². The molecule has 26 heavy (non-hydrogen) atoms. The predicted molar refractivity (Wildman–Crippen MR) is 96.3 cm³/mol. The molecular formula is C19H20FN3O3. The number of nitrogens with two attached hydrogens (primary N) is 1. The monoisotopic (exact) mass is 357 g/mol. The number of nitrogens with zero attached hydrogens (tertiary/aromatic N) is 2. The highest BCUT2D eigenvalue weighted by atomic mass is 19.1. The number of hydrogen-bond donors (Lipinski definition) is 1. The van der Waals surface area contributed by atoms with Gasteiger partial charge in [-0.15, -0.1) is 0 Å². The summed E-state index contributed by atoms with van der Waals surface area (Å²) in [4.78, 5) is 27.7. The second-order valence-corrected chi connectivity index (χ2v) is 6.02. The van der Waals surface area contributed by atoms with Crippen molar-refractivity contribution >= 4 is 23.3 Å². The third-order valence-corrected chi connectivity index (χ3v) is 4.27. The second-order valence-electron chi connectivity index (χ2n) is 6.02. The Bertz CT molecular complexity index is 804. The van der Waals surface area contributed by atoms with Gasteiger partial charge in [0, 0.05) is 31.9 Å². The number of piperazine rings is 1. The number of rotatable bonds is 4. The van der Waals surface area contributed by atoms with Crippen LogP contribution in [0, 0.1) is 5.82 Å². The fourth-order valence-electron chi connectivity index (χ4n) is 2.87. The Morgan fingerprint density at radius 1 is 1.04 bits per heavy atom. The second kappa shape index (κ2) is 7.86. The van der Waals surface area contributed by atoms with Crippen LogP contribution in [0.2, 0.25) is 0 Å². The molecule has 0 aromatic heterocycles. The topological polar surface area (TPSA) is 75.9 Å². The first kappa shape index (κ1) is 17.7. The van der Waals surface area contributed by atoms with Crippen LogP contribution in [0.3, 0.4) is 0 Å². The zero-order valence-electron chi connectivity index (χ0n) is 14.2. The van der Waals surface area contributed by atoms with Crippen molar-refractivity contribution in [3.05, 3.63) is 59.9 Å². The SMILES string of the molecule is Nc1cccc(C(=O)OCC(=O)N2CCN(c3ccccc3F)CC2)c1. The van der Waals surface area contributed by atoms with Gasteiger partial charge in [-0.05, 0) is 30.3 Å². The van der Waals surface area contributed by atoms with E-state index in [0.29, 0.717) is 43.1 Å². The Hall–Kier alpha value is -3.09. The molecule has 0 bridgehead atoms. The van der Waals surface area contributed by atoms with E-state index in [4.69, 9.17) is 10.5 Å². The van der Waals surface area contributed by atoms with Crippen LogP contribution in [0.15, 0.2) is 48.5 Å². The van der Waals surface area contributed by atoms with Crippen molar-refractivity contribution in [1.29, 1.82) is 0 Å². The first-order chi connectivity index (χ1) is 12.5. The lowest BCUT2D eigenvalue weighted by molar-refractivity contribution is -0.134. The molecule has 3 rings (SSSR count). The van der Waals surface area contributed by atoms with Gasteiger partial charge in [0.15, 0.2) is 6.61 Å². The molecule has 0 spiro atoms. The summed E-state index contributed by atoms with van der Waals surface area (Å²) < 4.78 is 18.9. The third-order valence-electron chi connectivity index (χ3n) is 4.27. The zero-order chi connectivity index (χ0) is 18.5. The van der Waals surface area contributed by atoms with Gasteiger partial charge in [-0.1, -0.05) is 18.2 Å². The Morgan fingerprint density at radius 3 is 2.46 bits per heavy atom. The average molecular weight is 357 g/mol. The van der Waals surface area contributed by atoms with E-state index in [9.17, 15) is 14.0 Å². The minimum atomic E-state index is -0.587. The van der Waals surface area contributed by atoms with E-state index in [1.54, 1.807) is 41.3 Å². The molecule has 7 heteroatoms. The van der Waals surface area contributed by atoms with E-state index in [1.807, 2.05) is 4.90 Å². The van der Waals surface area contributed by atoms with Crippen molar-refractivity contribution < 1.29 is 18.7 Å². The molecule has 1 fully saturated rings. The maximum atomic E-state index is 13.8. The van der Waals surface area contributed by atoms with E-state index < -0.39 is 5.97 Å². The van der Waals surface area contributed by atoms with Crippen molar-refractivity contribution in [1.82, 2.24) is 4.90 Å². The maximum Gasteiger partial charge on any atom is 0.338 e. The normalized spacial score (nSPS) is 14.2. The van der Waals surface area contributed by atoms with E-state index in [1.165, 1.54) is 12.1 Å². The molecule has 6 nitrogen and oxygen atoms in total. The van der Waals surface area contributed by atoms with Crippen LogP contribution in [0.25, 0.3) is 0 Å². The number of para-hydroxylation sites is 1. The highest BCUT2D eigenvalue weighted by Crippen LogP contribution is 2.20. The highest BCUT2D eigenvalue weighted by molar-refractivity contribution is 5.92. The van der Waals surface area contributed by atoms with Crippen LogP contribution in [-0.4, -0.2) is 49.6 Å². The quantitative estimate of drug-likeness (QED) is 0.668. The number of nitrogen functional groups attached to an aromatic ring is 1. The summed E-state index contributed by atoms with van der Waals surface area (Å²) in [5.41, 5.74) is 6.92. The fraction of sp³-hybridized carbons (Fsp3) is 0.263. The number of esters is 1. The number of anilines is 2. The lowest BCUT2D eigenvalue weighted by Crippen LogP contribution is -2.50. The molecule has 1 aliphatic heterocycles. The molecule has 2 N–H and O–H groups in total. The number of halogens is 1. The van der Waals surface area contributed by atoms with Gasteiger partial charge in [0.2, 0.25) is 0 Å². The van der Waals surface area contributed by atoms with Crippen LogP contribution in [-0.2, 0) is 9.53 Å². The number of ether oxygens (including phenoxy) is 1. The van der Waals surface area contributed by atoms with Crippen LogP contribution in [0.4, 0.5) is 15.8 Å². The van der Waals surface area contributed by atoms with Gasteiger partial charge in [0.25, 0.3) is 5.91 Å². The lowest BCUT2D eigenvalue weighted by atomic mass is 10.2. The van der Waals surface area contributed by atoms with Gasteiger partial charge < -0.3 is 20.3 Å². The minimum absolute atomic E-state index is 0.268. The van der Waals surface area contributed by atoms with Crippen molar-refractivity contribution in [2.24, 2.45) is 0 Å². The summed E-state index contributed by atoms with van der Waals surface area (Å²) in [6, 6.07) is 13.0. The van der Waals surface area contributed by atoms with Crippen LogP contribution < -0.4 is 10.6 Å². The van der Waals surface area contributed by atoms with Gasteiger partial charge >= 0.3 is 5.97 Å². The molecule has 1 heterocycles. The first-order valence-electron chi connectivity index (χ1n) is 8.34. The summed E-state index contributed by atoms with van der Waals surface area (Å²) in [6.45, 7) is 1.62. The Kier molecular flexibility index (Phi) is 5.36. The first-order valence-corrected chi connectivity index (χ1v) is 8.34. The van der Waals surface area contributed by atoms with E-state index in [-0.39, 0.29) is 18.3 Å². The molecule has 2 aromatic rings. The van der Waals surface area contributed by atoms with E-state index in [0.717, 1.165) is 0 Å². The number of benzene rings is 2. The average Bonchev–Trinajstić information content (AvgIpc) is 2.66. The van der Waals surface area contributed by atoms with Crippen molar-refractivity contribution in [3.63, 3.8) is 0 Å². The number of hydrogen-bond acceptors (Lipinski definition) is 5. The summed E-state index contributed by atoms with van der Waals surface area (Å²) >= 11 is 0. The number of carbonyl (C=O) groups is 2. The van der Waals surface area contributed by atoms with Crippen molar-refractivity contribution in [3.8, 4) is 0 Å². The number of carbonyl (C=O) groups excluding carboxylic acids is 2. The van der Waals surface area contributed by atoms with E-state index in [2.05, 4.69) is 0 Å². The molecule has 1 amide bonds. The van der Waals surface area contributed by atoms with Crippen LogP contribution in [0.5, 0.6) is 0 Å². The molecule has 0 saturated carbocycles. The molecule has 2 aromatic carbocycles. The van der Waals surface area contributed by atoms with Gasteiger partial charge in [0.05, 0.1) is 11.3 Å². The lowest BCUT2D eigenvalue weighted by Gasteiger charge is -2.36. The molecule has 0 atom stereocenters. The van der Waals surface area contributed by atoms with Gasteiger partial charge in [-0.2, -0.15) is 0 Å². The molecule has 0 aliphatic carbocycles. The summed E-state index contributed by atoms with van der Waals surface area (Å²) in [5, 5.41) is 0. The Labute approximate surface area is 150 Å². The summed E-state index contributed by atoms with van der Waals surface area (Å²) in [7, 11) is 0. The fourth-order valence-corrected chi connectivity index (χ4v) is 2.87. The molecular weight excluding hydrogens is 337 g/mol. The summed E-state index contributed by atoms with van der Waals surface area (Å²) in [6.07, 6.45) is 0. The van der Waals surface area contributed by atoms with Crippen LogP contribution >= 0.6 is 0 Å². The minimum Gasteiger partial charge on any atom is -0.452 e. The predicted octanol–water partition coefficient (Wildman–Crippen LogP) is 1.91. The molecule has 1 aliphatic rings. The van der Waals surface area contributed by atoms with E-state index >= 15 is 0 Å². The Balaban J connectivity index is 1.49. The molecule has 0 unspecified atom stereocenters.